The summed E-state index contributed by atoms with van der Waals surface area (Å²) in [5.41, 5.74) is 1.26. The van der Waals surface area contributed by atoms with Crippen LogP contribution in [0.1, 0.15) is 12.8 Å². The molecule has 1 saturated heterocycles. The van der Waals surface area contributed by atoms with E-state index in [1.54, 1.807) is 4.68 Å². The summed E-state index contributed by atoms with van der Waals surface area (Å²) in [6.07, 6.45) is 1.76. The number of ether oxygens (including phenoxy) is 1. The summed E-state index contributed by atoms with van der Waals surface area (Å²) < 4.78 is 35.1. The molecule has 0 atom stereocenters. The topological polar surface area (TPSA) is 39.1 Å². The first kappa shape index (κ1) is 17.6. The lowest BCUT2D eigenvalue weighted by atomic mass is 10.1. The minimum atomic E-state index is -0.898. The number of piperidine rings is 1. The van der Waals surface area contributed by atoms with Crippen LogP contribution in [0, 0.1) is 11.6 Å². The van der Waals surface area contributed by atoms with Crippen molar-refractivity contribution in [1.29, 1.82) is 0 Å². The van der Waals surface area contributed by atoms with Crippen LogP contribution in [0.15, 0.2) is 42.5 Å². The lowest BCUT2D eigenvalue weighted by Crippen LogP contribution is -2.34. The molecule has 0 aliphatic carbocycles. The van der Waals surface area contributed by atoms with Crippen LogP contribution < -0.4 is 10.1 Å². The number of nitrogens with zero attached hydrogens (tertiary/aromatic N) is 2. The van der Waals surface area contributed by atoms with Gasteiger partial charge in [0.2, 0.25) is 5.88 Å². The van der Waals surface area contributed by atoms with Crippen LogP contribution in [0.5, 0.6) is 5.88 Å². The van der Waals surface area contributed by atoms with Crippen molar-refractivity contribution in [1.82, 2.24) is 15.1 Å². The van der Waals surface area contributed by atoms with Gasteiger partial charge in [-0.15, -0.1) is 17.5 Å². The fourth-order valence-corrected chi connectivity index (χ4v) is 3.01. The van der Waals surface area contributed by atoms with Gasteiger partial charge in [-0.05, 0) is 44.1 Å². The molecule has 0 radical (unpaired) electrons. The third-order valence-corrected chi connectivity index (χ3v) is 4.25. The lowest BCUT2D eigenvalue weighted by Gasteiger charge is -2.22. The highest BCUT2D eigenvalue weighted by Gasteiger charge is 2.21. The minimum absolute atomic E-state index is 0. The Morgan fingerprint density at radius 1 is 1.04 bits per heavy atom. The highest BCUT2D eigenvalue weighted by Crippen LogP contribution is 2.31. The molecule has 0 unspecified atom stereocenters. The number of nitrogens with one attached hydrogen (secondary N) is 1. The number of fused-ring (bicyclic) bond motifs is 1. The summed E-state index contributed by atoms with van der Waals surface area (Å²) in [4.78, 5) is 0. The van der Waals surface area contributed by atoms with E-state index in [2.05, 4.69) is 10.4 Å². The Balaban J connectivity index is 0.00000182. The van der Waals surface area contributed by atoms with E-state index in [1.165, 1.54) is 6.07 Å². The third kappa shape index (κ3) is 3.45. The second kappa shape index (κ2) is 7.37. The lowest BCUT2D eigenvalue weighted by molar-refractivity contribution is 0.157. The van der Waals surface area contributed by atoms with Crippen LogP contribution in [-0.4, -0.2) is 29.0 Å². The van der Waals surface area contributed by atoms with Crippen molar-refractivity contribution in [2.24, 2.45) is 0 Å². The van der Waals surface area contributed by atoms with Crippen LogP contribution in [0.2, 0.25) is 0 Å². The van der Waals surface area contributed by atoms with Gasteiger partial charge in [0.1, 0.15) is 6.10 Å². The first-order valence-corrected chi connectivity index (χ1v) is 8.03. The molecule has 1 aliphatic rings. The largest absolute Gasteiger partial charge is 0.473 e. The van der Waals surface area contributed by atoms with Gasteiger partial charge in [0.25, 0.3) is 0 Å². The maximum Gasteiger partial charge on any atom is 0.241 e. The van der Waals surface area contributed by atoms with Gasteiger partial charge >= 0.3 is 0 Å². The van der Waals surface area contributed by atoms with Crippen LogP contribution in [0.3, 0.4) is 0 Å². The maximum atomic E-state index is 13.7. The van der Waals surface area contributed by atoms with E-state index >= 15 is 0 Å². The summed E-state index contributed by atoms with van der Waals surface area (Å²) in [7, 11) is 0. The van der Waals surface area contributed by atoms with Gasteiger partial charge in [-0.25, -0.2) is 13.5 Å². The zero-order chi connectivity index (χ0) is 16.5. The van der Waals surface area contributed by atoms with Crippen molar-refractivity contribution in [3.63, 3.8) is 0 Å². The Bertz CT molecular complexity index is 864. The number of para-hydroxylation sites is 1. The van der Waals surface area contributed by atoms with Crippen LogP contribution in [0.25, 0.3) is 16.6 Å². The number of hydrogen-bond donors (Lipinski definition) is 1. The summed E-state index contributed by atoms with van der Waals surface area (Å²) in [6.45, 7) is 1.76. The molecule has 0 bridgehead atoms. The normalized spacial score (nSPS) is 15.1. The highest BCUT2D eigenvalue weighted by atomic mass is 35.5. The van der Waals surface area contributed by atoms with Crippen molar-refractivity contribution >= 4 is 23.3 Å². The third-order valence-electron chi connectivity index (χ3n) is 4.25. The molecule has 0 amide bonds. The summed E-state index contributed by atoms with van der Waals surface area (Å²) in [5, 5.41) is 8.23. The molecule has 1 N–H and O–H groups in total. The van der Waals surface area contributed by atoms with Gasteiger partial charge in [-0.2, -0.15) is 0 Å². The van der Waals surface area contributed by atoms with Crippen molar-refractivity contribution in [2.45, 2.75) is 18.9 Å². The van der Waals surface area contributed by atoms with E-state index in [-0.39, 0.29) is 18.5 Å². The smallest absolute Gasteiger partial charge is 0.241 e. The van der Waals surface area contributed by atoms with Crippen LogP contribution >= 0.6 is 12.4 Å². The average Bonchev–Trinajstić information content (AvgIpc) is 2.95. The second-order valence-electron chi connectivity index (χ2n) is 5.90. The minimum Gasteiger partial charge on any atom is -0.473 e. The standard InChI is InChI=1S/C18H17F2N3O.ClH/c19-15-10-14-17(11-16(15)20)23(12-4-2-1-3-5-12)22-18(14)24-13-6-8-21-9-7-13;/h1-5,10-11,13,21H,6-9H2;1H. The molecule has 25 heavy (non-hydrogen) atoms. The van der Waals surface area contributed by atoms with E-state index in [0.717, 1.165) is 37.7 Å². The molecule has 0 saturated carbocycles. The molecule has 3 aromatic rings. The monoisotopic (exact) mass is 365 g/mol. The van der Waals surface area contributed by atoms with Crippen molar-refractivity contribution in [3.8, 4) is 11.6 Å². The first-order chi connectivity index (χ1) is 11.7. The van der Waals surface area contributed by atoms with Crippen LogP contribution in [-0.2, 0) is 0 Å². The molecule has 4 rings (SSSR count). The van der Waals surface area contributed by atoms with E-state index in [9.17, 15) is 8.78 Å². The second-order valence-corrected chi connectivity index (χ2v) is 5.90. The van der Waals surface area contributed by atoms with E-state index in [0.29, 0.717) is 16.8 Å². The molecule has 2 aromatic carbocycles. The summed E-state index contributed by atoms with van der Waals surface area (Å²) in [6, 6.07) is 11.7. The molecule has 132 valence electrons. The Labute approximate surface area is 150 Å². The van der Waals surface area contributed by atoms with Gasteiger partial charge in [0, 0.05) is 6.07 Å². The predicted molar refractivity (Wildman–Crippen MR) is 94.8 cm³/mol. The number of benzene rings is 2. The molecule has 1 aliphatic heterocycles. The van der Waals surface area contributed by atoms with Crippen molar-refractivity contribution in [2.75, 3.05) is 13.1 Å². The van der Waals surface area contributed by atoms with Gasteiger partial charge in [-0.3, -0.25) is 0 Å². The zero-order valence-electron chi connectivity index (χ0n) is 13.4. The Morgan fingerprint density at radius 2 is 1.72 bits per heavy atom. The molecule has 2 heterocycles. The Morgan fingerprint density at radius 3 is 2.44 bits per heavy atom. The number of halogens is 3. The van der Waals surface area contributed by atoms with Crippen molar-refractivity contribution < 1.29 is 13.5 Å². The quantitative estimate of drug-likeness (QED) is 0.766. The fourth-order valence-electron chi connectivity index (χ4n) is 3.01. The summed E-state index contributed by atoms with van der Waals surface area (Å²) in [5.74, 6) is -1.45. The number of aromatic nitrogens is 2. The van der Waals surface area contributed by atoms with E-state index < -0.39 is 11.6 Å². The Kier molecular flexibility index (Phi) is 5.20. The molecular weight excluding hydrogens is 348 g/mol. The van der Waals surface area contributed by atoms with E-state index in [1.807, 2.05) is 30.3 Å². The van der Waals surface area contributed by atoms with Crippen molar-refractivity contribution in [3.05, 3.63) is 54.1 Å². The Hall–Kier alpha value is -2.18. The van der Waals surface area contributed by atoms with Crippen LogP contribution in [0.4, 0.5) is 8.78 Å². The van der Waals surface area contributed by atoms with Gasteiger partial charge < -0.3 is 10.1 Å². The molecule has 4 nitrogen and oxygen atoms in total. The number of rotatable bonds is 3. The fraction of sp³-hybridized carbons (Fsp3) is 0.278. The van der Waals surface area contributed by atoms with Gasteiger partial charge in [0.15, 0.2) is 11.6 Å². The SMILES string of the molecule is Cl.Fc1cc2c(OC3CCNCC3)nn(-c3ccccc3)c2cc1F. The molecule has 1 fully saturated rings. The number of hydrogen-bond acceptors (Lipinski definition) is 3. The highest BCUT2D eigenvalue weighted by molar-refractivity contribution is 5.86. The summed E-state index contributed by atoms with van der Waals surface area (Å²) >= 11 is 0. The maximum absolute atomic E-state index is 13.7. The molecule has 1 aromatic heterocycles. The average molecular weight is 366 g/mol. The molecule has 7 heteroatoms. The molecule has 0 spiro atoms. The van der Waals surface area contributed by atoms with E-state index in [4.69, 9.17) is 4.74 Å². The predicted octanol–water partition coefficient (Wildman–Crippen LogP) is 3.86. The zero-order valence-corrected chi connectivity index (χ0v) is 14.2. The first-order valence-electron chi connectivity index (χ1n) is 8.03. The molecular formula is C18H18ClF2N3O. The van der Waals surface area contributed by atoms with Gasteiger partial charge in [0.05, 0.1) is 16.6 Å². The van der Waals surface area contributed by atoms with Gasteiger partial charge in [-0.1, -0.05) is 18.2 Å².